The Morgan fingerprint density at radius 2 is 1.90 bits per heavy atom. The zero-order valence-corrected chi connectivity index (χ0v) is 25.0. The van der Waals surface area contributed by atoms with Gasteiger partial charge in [0.1, 0.15) is 35.7 Å². The van der Waals surface area contributed by atoms with Gasteiger partial charge in [-0.2, -0.15) is 0 Å². The van der Waals surface area contributed by atoms with Gasteiger partial charge in [0.2, 0.25) is 23.6 Å². The van der Waals surface area contributed by atoms with Gasteiger partial charge in [-0.05, 0) is 50.1 Å². The van der Waals surface area contributed by atoms with Gasteiger partial charge >= 0.3 is 0 Å². The molecule has 0 aromatic heterocycles. The number of nitrogens with zero attached hydrogens (tertiary/aromatic N) is 3. The fourth-order valence-corrected chi connectivity index (χ4v) is 5.81. The van der Waals surface area contributed by atoms with Crippen molar-refractivity contribution in [3.63, 3.8) is 0 Å². The molecule has 6 atom stereocenters. The molecule has 6 unspecified atom stereocenters. The van der Waals surface area contributed by atoms with Crippen molar-refractivity contribution in [3.05, 3.63) is 30.0 Å². The zero-order valence-electron chi connectivity index (χ0n) is 25.0. The highest BCUT2D eigenvalue weighted by Gasteiger charge is 2.49. The molecule has 2 fully saturated rings. The fraction of sp³-hybridized carbons (Fsp3) is 0.600. The third kappa shape index (κ3) is 6.05. The van der Waals surface area contributed by atoms with Crippen LogP contribution in [-0.4, -0.2) is 96.0 Å². The average molecular weight is 570 g/mol. The number of likely N-dealkylation sites (tertiary alicyclic amines) is 1. The van der Waals surface area contributed by atoms with Gasteiger partial charge in [-0.15, -0.1) is 0 Å². The first-order valence-corrected chi connectivity index (χ1v) is 14.4. The molecule has 4 amide bonds. The summed E-state index contributed by atoms with van der Waals surface area (Å²) in [5.41, 5.74) is 0.692. The van der Waals surface area contributed by atoms with Crippen LogP contribution in [0.4, 0.5) is 0 Å². The van der Waals surface area contributed by atoms with Crippen LogP contribution in [0.2, 0.25) is 0 Å². The first-order chi connectivity index (χ1) is 19.5. The number of fused-ring (bicyclic) bond motifs is 3. The summed E-state index contributed by atoms with van der Waals surface area (Å²) in [7, 11) is 3.41. The SMILES string of the molecule is CCC(C)C1NC(=O)C2C(CCN2C(=O)C(C(C)C)N2CN(C)C(C)C2=O)Oc2ccc(OC)c(c2)C=CNC1=O. The van der Waals surface area contributed by atoms with Gasteiger partial charge in [0.15, 0.2) is 0 Å². The molecule has 11 heteroatoms. The lowest BCUT2D eigenvalue weighted by Crippen LogP contribution is -2.60. The van der Waals surface area contributed by atoms with Crippen molar-refractivity contribution in [3.8, 4) is 11.5 Å². The molecule has 1 aromatic carbocycles. The molecule has 0 spiro atoms. The van der Waals surface area contributed by atoms with E-state index in [1.165, 1.54) is 11.1 Å². The largest absolute Gasteiger partial charge is 0.496 e. The van der Waals surface area contributed by atoms with Crippen LogP contribution in [0.1, 0.15) is 53.0 Å². The van der Waals surface area contributed by atoms with Crippen LogP contribution in [-0.2, 0) is 19.2 Å². The molecule has 41 heavy (non-hydrogen) atoms. The van der Waals surface area contributed by atoms with Crippen molar-refractivity contribution >= 4 is 29.7 Å². The molecular formula is C30H43N5O6. The van der Waals surface area contributed by atoms with Crippen LogP contribution in [0.25, 0.3) is 6.08 Å². The minimum atomic E-state index is -0.991. The van der Waals surface area contributed by atoms with Gasteiger partial charge in [-0.25, -0.2) is 0 Å². The van der Waals surface area contributed by atoms with E-state index in [9.17, 15) is 19.2 Å². The third-order valence-electron chi connectivity index (χ3n) is 8.56. The Bertz CT molecular complexity index is 1200. The fourth-order valence-electron chi connectivity index (χ4n) is 5.81. The second-order valence-electron chi connectivity index (χ2n) is 11.6. The van der Waals surface area contributed by atoms with E-state index >= 15 is 0 Å². The smallest absolute Gasteiger partial charge is 0.247 e. The quantitative estimate of drug-likeness (QED) is 0.536. The van der Waals surface area contributed by atoms with E-state index in [0.29, 0.717) is 36.6 Å². The highest BCUT2D eigenvalue weighted by atomic mass is 16.5. The molecule has 0 saturated carbocycles. The molecule has 0 radical (unpaired) electrons. The van der Waals surface area contributed by atoms with Crippen molar-refractivity contribution < 1.29 is 28.7 Å². The number of nitrogens with one attached hydrogen (secondary N) is 2. The lowest BCUT2D eigenvalue weighted by atomic mass is 9.97. The second-order valence-corrected chi connectivity index (χ2v) is 11.6. The van der Waals surface area contributed by atoms with E-state index in [-0.39, 0.29) is 42.1 Å². The molecule has 3 aliphatic heterocycles. The number of hydrogen-bond donors (Lipinski definition) is 2. The summed E-state index contributed by atoms with van der Waals surface area (Å²) >= 11 is 0. The number of methoxy groups -OCH3 is 1. The summed E-state index contributed by atoms with van der Waals surface area (Å²) < 4.78 is 11.9. The molecular weight excluding hydrogens is 526 g/mol. The number of hydrogen-bond acceptors (Lipinski definition) is 7. The molecule has 224 valence electrons. The van der Waals surface area contributed by atoms with E-state index in [1.54, 1.807) is 36.3 Å². The zero-order chi connectivity index (χ0) is 30.0. The Morgan fingerprint density at radius 1 is 1.17 bits per heavy atom. The minimum absolute atomic E-state index is 0.113. The standard InChI is InChI=1S/C30H43N5O6/c1-8-18(4)24-27(36)31-13-11-20-15-21(9-10-22(20)40-7)41-23-12-14-34(26(23)28(37)32-24)30(39)25(17(2)3)35-16-33(6)19(5)29(35)38/h9-11,13,15,17-19,23-26H,8,12,14,16H2,1-7H3,(H,31,36)(H,32,37). The number of carbonyl (C=O) groups is 4. The third-order valence-corrected chi connectivity index (χ3v) is 8.56. The maximum Gasteiger partial charge on any atom is 0.247 e. The number of carbonyl (C=O) groups excluding carboxylic acids is 4. The monoisotopic (exact) mass is 569 g/mol. The summed E-state index contributed by atoms with van der Waals surface area (Å²) in [5.74, 6) is -0.467. The van der Waals surface area contributed by atoms with E-state index in [2.05, 4.69) is 10.6 Å². The van der Waals surface area contributed by atoms with Crippen molar-refractivity contribution in [2.75, 3.05) is 27.4 Å². The lowest BCUT2D eigenvalue weighted by molar-refractivity contribution is -0.150. The second kappa shape index (κ2) is 12.5. The lowest BCUT2D eigenvalue weighted by Gasteiger charge is -2.36. The Hall–Kier alpha value is -3.60. The minimum Gasteiger partial charge on any atom is -0.496 e. The first-order valence-electron chi connectivity index (χ1n) is 14.4. The first kappa shape index (κ1) is 30.4. The Kier molecular flexibility index (Phi) is 9.26. The summed E-state index contributed by atoms with van der Waals surface area (Å²) in [6.07, 6.45) is 3.66. The topological polar surface area (TPSA) is 121 Å². The summed E-state index contributed by atoms with van der Waals surface area (Å²) in [6.45, 7) is 10.1. The van der Waals surface area contributed by atoms with Gasteiger partial charge in [0, 0.05) is 24.7 Å². The summed E-state index contributed by atoms with van der Waals surface area (Å²) in [4.78, 5) is 59.6. The summed E-state index contributed by atoms with van der Waals surface area (Å²) in [5, 5.41) is 5.71. The molecule has 4 rings (SSSR count). The predicted octanol–water partition coefficient (Wildman–Crippen LogP) is 1.82. The molecule has 3 heterocycles. The van der Waals surface area contributed by atoms with Crippen molar-refractivity contribution in [1.82, 2.24) is 25.3 Å². The van der Waals surface area contributed by atoms with E-state index in [1.807, 2.05) is 46.6 Å². The van der Waals surface area contributed by atoms with Crippen LogP contribution < -0.4 is 20.1 Å². The van der Waals surface area contributed by atoms with E-state index in [4.69, 9.17) is 9.47 Å². The van der Waals surface area contributed by atoms with Crippen LogP contribution in [0, 0.1) is 11.8 Å². The number of ether oxygens (including phenoxy) is 2. The van der Waals surface area contributed by atoms with Crippen LogP contribution >= 0.6 is 0 Å². The van der Waals surface area contributed by atoms with Gasteiger partial charge < -0.3 is 29.9 Å². The molecule has 2 saturated heterocycles. The highest BCUT2D eigenvalue weighted by molar-refractivity contribution is 5.96. The number of amides is 4. The number of likely N-dealkylation sites (N-methyl/N-ethyl adjacent to an activating group) is 1. The average Bonchev–Trinajstić information content (AvgIpc) is 3.47. The van der Waals surface area contributed by atoms with Crippen LogP contribution in [0.5, 0.6) is 11.5 Å². The molecule has 2 bridgehead atoms. The van der Waals surface area contributed by atoms with Crippen LogP contribution in [0.15, 0.2) is 24.4 Å². The van der Waals surface area contributed by atoms with E-state index in [0.717, 1.165) is 0 Å². The highest BCUT2D eigenvalue weighted by Crippen LogP contribution is 2.31. The molecule has 2 N–H and O–H groups in total. The van der Waals surface area contributed by atoms with Crippen molar-refractivity contribution in [1.29, 1.82) is 0 Å². The Balaban J connectivity index is 1.73. The maximum absolute atomic E-state index is 14.2. The summed E-state index contributed by atoms with van der Waals surface area (Å²) in [6, 6.07) is 2.41. The normalized spacial score (nSPS) is 26.8. The Labute approximate surface area is 242 Å². The van der Waals surface area contributed by atoms with Crippen molar-refractivity contribution in [2.45, 2.75) is 77.7 Å². The number of benzene rings is 1. The maximum atomic E-state index is 14.2. The van der Waals surface area contributed by atoms with Gasteiger partial charge in [-0.3, -0.25) is 24.1 Å². The molecule has 3 aliphatic rings. The van der Waals surface area contributed by atoms with Crippen LogP contribution in [0.3, 0.4) is 0 Å². The van der Waals surface area contributed by atoms with Crippen molar-refractivity contribution in [2.24, 2.45) is 11.8 Å². The Morgan fingerprint density at radius 3 is 2.51 bits per heavy atom. The van der Waals surface area contributed by atoms with E-state index < -0.39 is 30.1 Å². The predicted molar refractivity (Wildman–Crippen MR) is 154 cm³/mol. The molecule has 11 nitrogen and oxygen atoms in total. The van der Waals surface area contributed by atoms with Gasteiger partial charge in [0.25, 0.3) is 0 Å². The molecule has 1 aromatic rings. The number of rotatable bonds is 6. The van der Waals surface area contributed by atoms with Gasteiger partial charge in [-0.1, -0.05) is 34.1 Å². The molecule has 0 aliphatic carbocycles. The van der Waals surface area contributed by atoms with Gasteiger partial charge in [0.05, 0.1) is 19.8 Å².